The number of aromatic nitrogens is 1. The van der Waals surface area contributed by atoms with Gasteiger partial charge in [0.15, 0.2) is 0 Å². The van der Waals surface area contributed by atoms with Crippen molar-refractivity contribution in [2.45, 2.75) is 51.5 Å². The second-order valence-corrected chi connectivity index (χ2v) is 8.45. The minimum Gasteiger partial charge on any atom is -0.339 e. The molecule has 0 saturated carbocycles. The van der Waals surface area contributed by atoms with Crippen molar-refractivity contribution in [2.75, 3.05) is 26.2 Å². The fraction of sp³-hybridized carbons (Fsp3) is 0.500. The lowest BCUT2D eigenvalue weighted by atomic mass is 9.92. The highest BCUT2D eigenvalue weighted by Crippen LogP contribution is 2.29. The van der Waals surface area contributed by atoms with Crippen LogP contribution in [-0.2, 0) is 0 Å². The topological polar surface area (TPSA) is 36.4 Å². The zero-order valence-corrected chi connectivity index (χ0v) is 17.1. The van der Waals surface area contributed by atoms with Gasteiger partial charge in [0.05, 0.1) is 0 Å². The Bertz CT molecular complexity index is 784. The molecule has 2 aliphatic heterocycles. The predicted molar refractivity (Wildman–Crippen MR) is 113 cm³/mol. The van der Waals surface area contributed by atoms with Crippen molar-refractivity contribution in [3.8, 4) is 11.1 Å². The lowest BCUT2D eigenvalue weighted by Gasteiger charge is -2.34. The van der Waals surface area contributed by atoms with Gasteiger partial charge in [-0.2, -0.15) is 0 Å². The Kier molecular flexibility index (Phi) is 5.77. The molecule has 4 nitrogen and oxygen atoms in total. The number of hydrogen-bond acceptors (Lipinski definition) is 3. The molecule has 148 valence electrons. The molecule has 0 aliphatic carbocycles. The molecular weight excluding hydrogens is 346 g/mol. The van der Waals surface area contributed by atoms with Gasteiger partial charge < -0.3 is 9.80 Å². The normalized spacial score (nSPS) is 18.8. The molecule has 0 unspecified atom stereocenters. The van der Waals surface area contributed by atoms with E-state index in [1.54, 1.807) is 0 Å². The number of nitrogens with zero attached hydrogens (tertiary/aromatic N) is 3. The van der Waals surface area contributed by atoms with Crippen LogP contribution in [0, 0.1) is 0 Å². The highest BCUT2D eigenvalue weighted by Gasteiger charge is 2.23. The van der Waals surface area contributed by atoms with Gasteiger partial charge in [-0.1, -0.05) is 18.2 Å². The van der Waals surface area contributed by atoms with Crippen molar-refractivity contribution in [3.05, 3.63) is 53.9 Å². The van der Waals surface area contributed by atoms with Crippen LogP contribution in [0.15, 0.2) is 42.6 Å². The minimum atomic E-state index is 0.158. The van der Waals surface area contributed by atoms with Crippen LogP contribution < -0.4 is 0 Å². The van der Waals surface area contributed by atoms with E-state index in [9.17, 15) is 4.79 Å². The minimum absolute atomic E-state index is 0.158. The number of pyridine rings is 1. The summed E-state index contributed by atoms with van der Waals surface area (Å²) >= 11 is 0. The van der Waals surface area contributed by atoms with Crippen molar-refractivity contribution < 1.29 is 4.79 Å². The molecule has 1 aromatic carbocycles. The van der Waals surface area contributed by atoms with E-state index in [0.717, 1.165) is 55.7 Å². The van der Waals surface area contributed by atoms with E-state index in [1.807, 2.05) is 35.4 Å². The van der Waals surface area contributed by atoms with Crippen LogP contribution in [0.1, 0.15) is 61.5 Å². The van der Waals surface area contributed by atoms with Crippen molar-refractivity contribution in [1.82, 2.24) is 14.8 Å². The molecule has 1 amide bonds. The molecule has 0 spiro atoms. The van der Waals surface area contributed by atoms with Gasteiger partial charge >= 0.3 is 0 Å². The monoisotopic (exact) mass is 377 g/mol. The van der Waals surface area contributed by atoms with E-state index in [1.165, 1.54) is 18.5 Å². The highest BCUT2D eigenvalue weighted by atomic mass is 16.2. The number of amides is 1. The van der Waals surface area contributed by atoms with E-state index in [2.05, 4.69) is 30.9 Å². The van der Waals surface area contributed by atoms with Gasteiger partial charge in [0.1, 0.15) is 0 Å². The highest BCUT2D eigenvalue weighted by molar-refractivity contribution is 5.94. The summed E-state index contributed by atoms with van der Waals surface area (Å²) in [6, 6.07) is 13.0. The second kappa shape index (κ2) is 8.44. The molecular formula is C24H31N3O. The number of benzene rings is 1. The number of hydrogen-bond donors (Lipinski definition) is 0. The second-order valence-electron chi connectivity index (χ2n) is 8.45. The molecule has 4 heteroatoms. The SMILES string of the molecule is CC(C)N1CCC(c2ccc(-c3ccc(C(=O)N4CCCC4)cc3)cn2)CC1. The van der Waals surface area contributed by atoms with Crippen molar-refractivity contribution >= 4 is 5.91 Å². The van der Waals surface area contributed by atoms with Gasteiger partial charge in [0, 0.05) is 48.1 Å². The van der Waals surface area contributed by atoms with E-state index in [4.69, 9.17) is 4.98 Å². The van der Waals surface area contributed by atoms with Gasteiger partial charge in [0.25, 0.3) is 5.91 Å². The first-order chi connectivity index (χ1) is 13.6. The van der Waals surface area contributed by atoms with Gasteiger partial charge in [-0.25, -0.2) is 0 Å². The molecule has 2 aliphatic rings. The van der Waals surface area contributed by atoms with Gasteiger partial charge in [-0.05, 0) is 76.4 Å². The number of rotatable bonds is 4. The van der Waals surface area contributed by atoms with Crippen LogP contribution in [-0.4, -0.2) is 52.9 Å². The summed E-state index contributed by atoms with van der Waals surface area (Å²) in [6.07, 6.45) is 6.62. The molecule has 0 atom stereocenters. The quantitative estimate of drug-likeness (QED) is 0.783. The standard InChI is InChI=1S/C24H31N3O/c1-18(2)26-15-11-20(12-16-26)23-10-9-22(17-25-23)19-5-7-21(8-6-19)24(28)27-13-3-4-14-27/h5-10,17-18,20H,3-4,11-16H2,1-2H3. The lowest BCUT2D eigenvalue weighted by molar-refractivity contribution is 0.0793. The maximum Gasteiger partial charge on any atom is 0.253 e. The summed E-state index contributed by atoms with van der Waals surface area (Å²) in [5.74, 6) is 0.731. The molecule has 0 radical (unpaired) electrons. The number of likely N-dealkylation sites (tertiary alicyclic amines) is 2. The third-order valence-corrected chi connectivity index (χ3v) is 6.32. The Hall–Kier alpha value is -2.20. The summed E-state index contributed by atoms with van der Waals surface area (Å²) in [5, 5.41) is 0. The van der Waals surface area contributed by atoms with Crippen molar-refractivity contribution in [1.29, 1.82) is 0 Å². The Morgan fingerprint density at radius 3 is 2.14 bits per heavy atom. The fourth-order valence-corrected chi connectivity index (χ4v) is 4.44. The smallest absolute Gasteiger partial charge is 0.253 e. The van der Waals surface area contributed by atoms with Gasteiger partial charge in [0.2, 0.25) is 0 Å². The van der Waals surface area contributed by atoms with E-state index >= 15 is 0 Å². The molecule has 28 heavy (non-hydrogen) atoms. The number of piperidine rings is 1. The maximum atomic E-state index is 12.5. The number of carbonyl (C=O) groups is 1. The van der Waals surface area contributed by atoms with Gasteiger partial charge in [-0.15, -0.1) is 0 Å². The predicted octanol–water partition coefficient (Wildman–Crippen LogP) is 4.57. The summed E-state index contributed by atoms with van der Waals surface area (Å²) in [7, 11) is 0. The third-order valence-electron chi connectivity index (χ3n) is 6.32. The Balaban J connectivity index is 1.40. The average Bonchev–Trinajstić information content (AvgIpc) is 3.28. The third kappa shape index (κ3) is 4.12. The molecule has 4 rings (SSSR count). The first-order valence-corrected chi connectivity index (χ1v) is 10.7. The van der Waals surface area contributed by atoms with Crippen LogP contribution in [0.25, 0.3) is 11.1 Å². The molecule has 1 aromatic heterocycles. The molecule has 0 bridgehead atoms. The zero-order valence-electron chi connectivity index (χ0n) is 17.1. The molecule has 2 aromatic rings. The summed E-state index contributed by atoms with van der Waals surface area (Å²) in [6.45, 7) is 8.66. The van der Waals surface area contributed by atoms with Crippen LogP contribution in [0.2, 0.25) is 0 Å². The lowest BCUT2D eigenvalue weighted by Crippen LogP contribution is -2.37. The Morgan fingerprint density at radius 1 is 0.929 bits per heavy atom. The fourth-order valence-electron chi connectivity index (χ4n) is 4.44. The molecule has 3 heterocycles. The average molecular weight is 378 g/mol. The van der Waals surface area contributed by atoms with Crippen LogP contribution in [0.4, 0.5) is 0 Å². The summed E-state index contributed by atoms with van der Waals surface area (Å²) in [5.41, 5.74) is 4.23. The zero-order chi connectivity index (χ0) is 19.5. The van der Waals surface area contributed by atoms with E-state index < -0.39 is 0 Å². The number of carbonyl (C=O) groups excluding carboxylic acids is 1. The maximum absolute atomic E-state index is 12.5. The van der Waals surface area contributed by atoms with Crippen molar-refractivity contribution in [2.24, 2.45) is 0 Å². The van der Waals surface area contributed by atoms with Crippen molar-refractivity contribution in [3.63, 3.8) is 0 Å². The van der Waals surface area contributed by atoms with Crippen LogP contribution >= 0.6 is 0 Å². The first-order valence-electron chi connectivity index (χ1n) is 10.7. The summed E-state index contributed by atoms with van der Waals surface area (Å²) in [4.78, 5) is 21.8. The molecule has 2 saturated heterocycles. The van der Waals surface area contributed by atoms with Crippen LogP contribution in [0.5, 0.6) is 0 Å². The molecule has 2 fully saturated rings. The largest absolute Gasteiger partial charge is 0.339 e. The Morgan fingerprint density at radius 2 is 1.57 bits per heavy atom. The molecule has 0 N–H and O–H groups in total. The first kappa shape index (κ1) is 19.1. The van der Waals surface area contributed by atoms with E-state index in [0.29, 0.717) is 12.0 Å². The van der Waals surface area contributed by atoms with Crippen LogP contribution in [0.3, 0.4) is 0 Å². The van der Waals surface area contributed by atoms with E-state index in [-0.39, 0.29) is 5.91 Å². The van der Waals surface area contributed by atoms with Gasteiger partial charge in [-0.3, -0.25) is 9.78 Å². The summed E-state index contributed by atoms with van der Waals surface area (Å²) < 4.78 is 0. The Labute approximate surface area is 168 Å².